The highest BCUT2D eigenvalue weighted by Crippen LogP contribution is 2.40. The molecule has 0 N–H and O–H groups in total. The van der Waals surface area contributed by atoms with Gasteiger partial charge in [-0.15, -0.1) is 0 Å². The number of carbonyl (C=O) groups is 3. The molecule has 0 spiro atoms. The van der Waals surface area contributed by atoms with E-state index >= 15 is 0 Å². The van der Waals surface area contributed by atoms with Crippen LogP contribution >= 0.6 is 34.8 Å². The molecule has 0 saturated heterocycles. The average molecular weight is 519 g/mol. The summed E-state index contributed by atoms with van der Waals surface area (Å²) in [6, 6.07) is 14.8. The van der Waals surface area contributed by atoms with Crippen LogP contribution in [0.5, 0.6) is 5.75 Å². The number of anilines is 1. The molecule has 0 radical (unpaired) electrons. The number of carbonyl (C=O) groups excluding carboxylic acids is 3. The van der Waals surface area contributed by atoms with Gasteiger partial charge in [0.1, 0.15) is 12.4 Å². The Labute approximate surface area is 210 Å². The van der Waals surface area contributed by atoms with Crippen molar-refractivity contribution in [1.82, 2.24) is 0 Å². The number of fused-ring (bicyclic) bond motifs is 1. The zero-order chi connectivity index (χ0) is 24.4. The number of benzene rings is 3. The summed E-state index contributed by atoms with van der Waals surface area (Å²) in [6.07, 6.45) is 0.0171. The molecule has 1 heterocycles. The van der Waals surface area contributed by atoms with Crippen LogP contribution in [0.4, 0.5) is 5.69 Å². The number of hydrogen-bond donors (Lipinski definition) is 0. The first-order valence-electron chi connectivity index (χ1n) is 10.3. The maximum absolute atomic E-state index is 13.4. The van der Waals surface area contributed by atoms with Crippen molar-refractivity contribution in [3.05, 3.63) is 91.9 Å². The SMILES string of the molecule is CCOC(=O)Cc1ccc(N2C(=O)c3c(Cl)ccc(OCc4cccc(Cl)c4)c3C2=O)c(Cl)c1. The standard InChI is InChI=1S/C25H18Cl3NO5/c1-2-33-21(30)12-14-6-8-19(18(28)11-14)29-24(31)22-17(27)7-9-20(23(22)25(29)32)34-13-15-4-3-5-16(26)10-15/h3-11H,2,12-13H2,1H3. The van der Waals surface area contributed by atoms with E-state index in [0.717, 1.165) is 10.5 Å². The van der Waals surface area contributed by atoms with Crippen LogP contribution in [0.25, 0.3) is 0 Å². The second-order valence-corrected chi connectivity index (χ2v) is 8.68. The summed E-state index contributed by atoms with van der Waals surface area (Å²) in [6.45, 7) is 2.12. The van der Waals surface area contributed by atoms with Crippen LogP contribution in [0.15, 0.2) is 54.6 Å². The number of amides is 2. The van der Waals surface area contributed by atoms with E-state index in [4.69, 9.17) is 44.3 Å². The highest BCUT2D eigenvalue weighted by molar-refractivity contribution is 6.44. The van der Waals surface area contributed by atoms with Crippen LogP contribution in [0.3, 0.4) is 0 Å². The zero-order valence-corrected chi connectivity index (χ0v) is 20.2. The molecular weight excluding hydrogens is 501 g/mol. The minimum absolute atomic E-state index is 0.0171. The van der Waals surface area contributed by atoms with E-state index < -0.39 is 17.8 Å². The van der Waals surface area contributed by atoms with Gasteiger partial charge in [0.25, 0.3) is 11.8 Å². The largest absolute Gasteiger partial charge is 0.488 e. The highest BCUT2D eigenvalue weighted by atomic mass is 35.5. The smallest absolute Gasteiger partial charge is 0.310 e. The first kappa shape index (κ1) is 24.1. The quantitative estimate of drug-likeness (QED) is 0.278. The molecule has 6 nitrogen and oxygen atoms in total. The predicted molar refractivity (Wildman–Crippen MR) is 130 cm³/mol. The zero-order valence-electron chi connectivity index (χ0n) is 17.9. The molecule has 0 saturated carbocycles. The van der Waals surface area contributed by atoms with Crippen molar-refractivity contribution >= 4 is 58.3 Å². The molecule has 2 amide bonds. The van der Waals surface area contributed by atoms with Crippen LogP contribution < -0.4 is 9.64 Å². The van der Waals surface area contributed by atoms with Crippen molar-refractivity contribution in [2.24, 2.45) is 0 Å². The second kappa shape index (κ2) is 10.1. The van der Waals surface area contributed by atoms with Crippen LogP contribution in [0, 0.1) is 0 Å². The fourth-order valence-corrected chi connectivity index (χ4v) is 4.38. The lowest BCUT2D eigenvalue weighted by Crippen LogP contribution is -2.29. The maximum Gasteiger partial charge on any atom is 0.310 e. The number of nitrogens with zero attached hydrogens (tertiary/aromatic N) is 1. The molecule has 3 aromatic rings. The number of ether oxygens (including phenoxy) is 2. The molecule has 0 aliphatic carbocycles. The molecule has 0 unspecified atom stereocenters. The molecule has 0 bridgehead atoms. The Bertz CT molecular complexity index is 1310. The Morgan fingerprint density at radius 2 is 1.65 bits per heavy atom. The molecule has 34 heavy (non-hydrogen) atoms. The van der Waals surface area contributed by atoms with Crippen molar-refractivity contribution in [3.8, 4) is 5.75 Å². The van der Waals surface area contributed by atoms with Gasteiger partial charge in [0, 0.05) is 5.02 Å². The number of halogens is 3. The summed E-state index contributed by atoms with van der Waals surface area (Å²) in [5.41, 5.74) is 1.67. The van der Waals surface area contributed by atoms with E-state index in [2.05, 4.69) is 0 Å². The minimum atomic E-state index is -0.613. The van der Waals surface area contributed by atoms with Crippen molar-refractivity contribution in [2.75, 3.05) is 11.5 Å². The fourth-order valence-electron chi connectivity index (χ4n) is 3.64. The molecule has 3 aromatic carbocycles. The van der Waals surface area contributed by atoms with Gasteiger partial charge in [-0.25, -0.2) is 4.90 Å². The van der Waals surface area contributed by atoms with E-state index in [1.807, 2.05) is 6.07 Å². The average Bonchev–Trinajstić information content (AvgIpc) is 3.05. The Hall–Kier alpha value is -3.06. The predicted octanol–water partition coefficient (Wildman–Crippen LogP) is 6.13. The third-order valence-corrected chi connectivity index (χ3v) is 5.99. The summed E-state index contributed by atoms with van der Waals surface area (Å²) in [4.78, 5) is 39.3. The molecule has 174 valence electrons. The Kier molecular flexibility index (Phi) is 7.12. The monoisotopic (exact) mass is 517 g/mol. The highest BCUT2D eigenvalue weighted by Gasteiger charge is 2.42. The van der Waals surface area contributed by atoms with Gasteiger partial charge in [0.05, 0.1) is 39.9 Å². The number of esters is 1. The number of rotatable bonds is 7. The number of imide groups is 1. The summed E-state index contributed by atoms with van der Waals surface area (Å²) in [5, 5.41) is 0.816. The molecule has 1 aliphatic rings. The summed E-state index contributed by atoms with van der Waals surface area (Å²) >= 11 is 18.7. The lowest BCUT2D eigenvalue weighted by molar-refractivity contribution is -0.142. The van der Waals surface area contributed by atoms with Crippen molar-refractivity contribution in [2.45, 2.75) is 20.0 Å². The van der Waals surface area contributed by atoms with Crippen LogP contribution in [-0.4, -0.2) is 24.4 Å². The Morgan fingerprint density at radius 1 is 0.882 bits per heavy atom. The van der Waals surface area contributed by atoms with Crippen LogP contribution in [0.1, 0.15) is 38.8 Å². The molecule has 1 aliphatic heterocycles. The van der Waals surface area contributed by atoms with E-state index in [9.17, 15) is 14.4 Å². The first-order chi connectivity index (χ1) is 16.3. The van der Waals surface area contributed by atoms with E-state index in [1.165, 1.54) is 18.2 Å². The molecule has 4 rings (SSSR count). The lowest BCUT2D eigenvalue weighted by atomic mass is 10.1. The lowest BCUT2D eigenvalue weighted by Gasteiger charge is -2.16. The van der Waals surface area contributed by atoms with Crippen molar-refractivity contribution in [1.29, 1.82) is 0 Å². The van der Waals surface area contributed by atoms with E-state index in [0.29, 0.717) is 10.6 Å². The van der Waals surface area contributed by atoms with Crippen LogP contribution in [-0.2, 0) is 22.6 Å². The van der Waals surface area contributed by atoms with Gasteiger partial charge < -0.3 is 9.47 Å². The first-order valence-corrected chi connectivity index (χ1v) is 11.5. The van der Waals surface area contributed by atoms with Crippen molar-refractivity contribution < 1.29 is 23.9 Å². The third-order valence-electron chi connectivity index (χ3n) is 5.14. The number of hydrogen-bond acceptors (Lipinski definition) is 5. The van der Waals surface area contributed by atoms with Gasteiger partial charge >= 0.3 is 5.97 Å². The summed E-state index contributed by atoms with van der Waals surface area (Å²) < 4.78 is 10.8. The molecule has 9 heteroatoms. The summed E-state index contributed by atoms with van der Waals surface area (Å²) in [5.74, 6) is -1.41. The minimum Gasteiger partial charge on any atom is -0.488 e. The van der Waals surface area contributed by atoms with E-state index in [-0.39, 0.29) is 52.2 Å². The Morgan fingerprint density at radius 3 is 2.35 bits per heavy atom. The van der Waals surface area contributed by atoms with Crippen LogP contribution in [0.2, 0.25) is 15.1 Å². The fraction of sp³-hybridized carbons (Fsp3) is 0.160. The van der Waals surface area contributed by atoms with Gasteiger partial charge in [-0.2, -0.15) is 0 Å². The Balaban J connectivity index is 1.63. The second-order valence-electron chi connectivity index (χ2n) is 7.43. The normalized spacial score (nSPS) is 12.6. The van der Waals surface area contributed by atoms with Gasteiger partial charge in [0.2, 0.25) is 0 Å². The topological polar surface area (TPSA) is 72.9 Å². The van der Waals surface area contributed by atoms with Crippen molar-refractivity contribution in [3.63, 3.8) is 0 Å². The molecule has 0 atom stereocenters. The van der Waals surface area contributed by atoms with Gasteiger partial charge in [-0.05, 0) is 54.4 Å². The van der Waals surface area contributed by atoms with E-state index in [1.54, 1.807) is 37.3 Å². The van der Waals surface area contributed by atoms with Gasteiger partial charge in [-0.1, -0.05) is 53.0 Å². The molecular formula is C25H18Cl3NO5. The third kappa shape index (κ3) is 4.75. The van der Waals surface area contributed by atoms with Gasteiger partial charge in [0.15, 0.2) is 0 Å². The maximum atomic E-state index is 13.4. The summed E-state index contributed by atoms with van der Waals surface area (Å²) in [7, 11) is 0. The molecule has 0 fully saturated rings. The van der Waals surface area contributed by atoms with Gasteiger partial charge in [-0.3, -0.25) is 14.4 Å². The molecule has 0 aromatic heterocycles.